The highest BCUT2D eigenvalue weighted by molar-refractivity contribution is 5.87. The minimum atomic E-state index is -0.482. The van der Waals surface area contributed by atoms with Crippen molar-refractivity contribution in [2.45, 2.75) is 70.9 Å². The van der Waals surface area contributed by atoms with Gasteiger partial charge in [0.05, 0.1) is 0 Å². The van der Waals surface area contributed by atoms with Gasteiger partial charge in [-0.05, 0) is 50.7 Å². The number of benzene rings is 1. The summed E-state index contributed by atoms with van der Waals surface area (Å²) in [5.74, 6) is 0.393. The van der Waals surface area contributed by atoms with Gasteiger partial charge in [0.25, 0.3) is 0 Å². The van der Waals surface area contributed by atoms with E-state index in [1.165, 1.54) is 30.5 Å². The normalized spacial score (nSPS) is 20.8. The van der Waals surface area contributed by atoms with Gasteiger partial charge in [0, 0.05) is 31.2 Å². The van der Waals surface area contributed by atoms with Crippen molar-refractivity contribution in [2.24, 2.45) is 5.92 Å². The summed E-state index contributed by atoms with van der Waals surface area (Å²) in [5.41, 5.74) is 2.65. The third-order valence-corrected chi connectivity index (χ3v) is 5.97. The lowest BCUT2D eigenvalue weighted by atomic mass is 9.87. The molecule has 0 saturated heterocycles. The van der Waals surface area contributed by atoms with Crippen LogP contribution >= 0.6 is 0 Å². The first-order valence-electron chi connectivity index (χ1n) is 10.5. The molecule has 148 valence electrons. The van der Waals surface area contributed by atoms with Crippen molar-refractivity contribution in [2.75, 3.05) is 18.0 Å². The van der Waals surface area contributed by atoms with Crippen LogP contribution in [0.3, 0.4) is 0 Å². The van der Waals surface area contributed by atoms with Crippen molar-refractivity contribution in [1.82, 2.24) is 10.6 Å². The predicted octanol–water partition coefficient (Wildman–Crippen LogP) is 3.03. The maximum atomic E-state index is 12.3. The fraction of sp³-hybridized carbons (Fsp3) is 0.636. The number of nitrogens with zero attached hydrogens (tertiary/aromatic N) is 1. The molecule has 0 spiro atoms. The molecule has 1 heterocycles. The Hall–Kier alpha value is -2.04. The average Bonchev–Trinajstić information content (AvgIpc) is 2.97. The van der Waals surface area contributed by atoms with Crippen molar-refractivity contribution < 1.29 is 9.59 Å². The molecule has 1 aromatic rings. The lowest BCUT2D eigenvalue weighted by molar-refractivity contribution is -0.129. The molecule has 1 aliphatic carbocycles. The van der Waals surface area contributed by atoms with Crippen molar-refractivity contribution in [3.8, 4) is 0 Å². The van der Waals surface area contributed by atoms with E-state index in [-0.39, 0.29) is 11.8 Å². The number of hydrogen-bond acceptors (Lipinski definition) is 3. The molecular weight excluding hydrogens is 338 g/mol. The largest absolute Gasteiger partial charge is 0.367 e. The molecule has 5 nitrogen and oxygen atoms in total. The Bertz CT molecular complexity index is 655. The van der Waals surface area contributed by atoms with Gasteiger partial charge in [-0.1, -0.05) is 37.5 Å². The summed E-state index contributed by atoms with van der Waals surface area (Å²) >= 11 is 0. The zero-order valence-electron chi connectivity index (χ0n) is 16.7. The van der Waals surface area contributed by atoms with Crippen LogP contribution in [0.15, 0.2) is 24.3 Å². The second-order valence-corrected chi connectivity index (χ2v) is 8.16. The lowest BCUT2D eigenvalue weighted by Gasteiger charge is -2.25. The predicted molar refractivity (Wildman–Crippen MR) is 109 cm³/mol. The first-order chi connectivity index (χ1) is 13.0. The summed E-state index contributed by atoms with van der Waals surface area (Å²) in [4.78, 5) is 26.9. The van der Waals surface area contributed by atoms with Gasteiger partial charge in [-0.25, -0.2) is 0 Å². The van der Waals surface area contributed by atoms with Crippen LogP contribution in [0.1, 0.15) is 57.9 Å². The fourth-order valence-electron chi connectivity index (χ4n) is 4.44. The van der Waals surface area contributed by atoms with E-state index in [0.717, 1.165) is 25.8 Å². The average molecular weight is 372 g/mol. The molecule has 2 amide bonds. The van der Waals surface area contributed by atoms with Crippen LogP contribution in [0.4, 0.5) is 5.69 Å². The third-order valence-electron chi connectivity index (χ3n) is 5.97. The molecular formula is C22H33N3O2. The molecule has 2 atom stereocenters. The molecule has 2 aliphatic rings. The minimum Gasteiger partial charge on any atom is -0.367 e. The monoisotopic (exact) mass is 371 g/mol. The maximum absolute atomic E-state index is 12.3. The summed E-state index contributed by atoms with van der Waals surface area (Å²) in [6.45, 7) is 5.35. The highest BCUT2D eigenvalue weighted by atomic mass is 16.2. The topological polar surface area (TPSA) is 61.4 Å². The van der Waals surface area contributed by atoms with E-state index in [2.05, 4.69) is 46.7 Å². The number of para-hydroxylation sites is 1. The quantitative estimate of drug-likeness (QED) is 0.774. The minimum absolute atomic E-state index is 0.00615. The van der Waals surface area contributed by atoms with Gasteiger partial charge in [0.2, 0.25) is 11.8 Å². The maximum Gasteiger partial charge on any atom is 0.242 e. The van der Waals surface area contributed by atoms with Crippen LogP contribution in [0, 0.1) is 5.92 Å². The number of rotatable bonds is 7. The Labute approximate surface area is 162 Å². The van der Waals surface area contributed by atoms with Crippen LogP contribution < -0.4 is 15.5 Å². The Balaban J connectivity index is 1.39. The van der Waals surface area contributed by atoms with E-state index in [1.807, 2.05) is 0 Å². The molecule has 0 aromatic heterocycles. The first-order valence-corrected chi connectivity index (χ1v) is 10.5. The van der Waals surface area contributed by atoms with E-state index in [9.17, 15) is 9.59 Å². The molecule has 3 rings (SSSR count). The van der Waals surface area contributed by atoms with Gasteiger partial charge in [-0.15, -0.1) is 0 Å². The second kappa shape index (κ2) is 9.25. The smallest absolute Gasteiger partial charge is 0.242 e. The van der Waals surface area contributed by atoms with Gasteiger partial charge >= 0.3 is 0 Å². The van der Waals surface area contributed by atoms with Gasteiger partial charge in [-0.2, -0.15) is 0 Å². The van der Waals surface area contributed by atoms with Gasteiger partial charge in [0.15, 0.2) is 0 Å². The van der Waals surface area contributed by atoms with Crippen molar-refractivity contribution in [3.63, 3.8) is 0 Å². The zero-order chi connectivity index (χ0) is 19.2. The van der Waals surface area contributed by atoms with Crippen LogP contribution in [0.25, 0.3) is 0 Å². The van der Waals surface area contributed by atoms with Crippen molar-refractivity contribution in [3.05, 3.63) is 29.8 Å². The highest BCUT2D eigenvalue weighted by Gasteiger charge is 2.25. The zero-order valence-corrected chi connectivity index (χ0v) is 16.7. The van der Waals surface area contributed by atoms with Gasteiger partial charge < -0.3 is 15.5 Å². The molecule has 0 radical (unpaired) electrons. The molecule has 5 heteroatoms. The Morgan fingerprint density at radius 3 is 2.70 bits per heavy atom. The number of carbonyl (C=O) groups excluding carboxylic acids is 2. The number of fused-ring (bicyclic) bond motifs is 1. The Kier molecular flexibility index (Phi) is 6.75. The molecule has 2 N–H and O–H groups in total. The van der Waals surface area contributed by atoms with Crippen molar-refractivity contribution >= 4 is 17.5 Å². The number of hydrogen-bond donors (Lipinski definition) is 2. The Morgan fingerprint density at radius 1 is 1.19 bits per heavy atom. The third kappa shape index (κ3) is 5.24. The fourth-order valence-corrected chi connectivity index (χ4v) is 4.44. The standard InChI is InChI=1S/C22H33N3O2/c1-16-14-19-10-6-7-11-20(19)25(16)13-12-23-22(27)17(2)24-21(26)15-18-8-4-3-5-9-18/h6-7,10-11,16-18H,3-5,8-9,12-15H2,1-2H3,(H,23,27)(H,24,26). The van der Waals surface area contributed by atoms with Gasteiger partial charge in [0.1, 0.15) is 6.04 Å². The van der Waals surface area contributed by atoms with Crippen LogP contribution in [0.2, 0.25) is 0 Å². The van der Waals surface area contributed by atoms with Crippen LogP contribution in [0.5, 0.6) is 0 Å². The van der Waals surface area contributed by atoms with E-state index in [4.69, 9.17) is 0 Å². The summed E-state index contributed by atoms with van der Waals surface area (Å²) < 4.78 is 0. The van der Waals surface area contributed by atoms with Crippen LogP contribution in [-0.2, 0) is 16.0 Å². The molecule has 1 saturated carbocycles. The summed E-state index contributed by atoms with van der Waals surface area (Å²) in [6.07, 6.45) is 7.64. The molecule has 27 heavy (non-hydrogen) atoms. The number of amides is 2. The first kappa shape index (κ1) is 19.7. The van der Waals surface area contributed by atoms with Gasteiger partial charge in [-0.3, -0.25) is 9.59 Å². The van der Waals surface area contributed by atoms with E-state index in [0.29, 0.717) is 24.9 Å². The Morgan fingerprint density at radius 2 is 1.93 bits per heavy atom. The second-order valence-electron chi connectivity index (χ2n) is 8.16. The number of nitrogens with one attached hydrogen (secondary N) is 2. The number of anilines is 1. The van der Waals surface area contributed by atoms with Crippen molar-refractivity contribution in [1.29, 1.82) is 0 Å². The summed E-state index contributed by atoms with van der Waals surface area (Å²) in [7, 11) is 0. The van der Waals surface area contributed by atoms with Crippen LogP contribution in [-0.4, -0.2) is 37.0 Å². The summed E-state index contributed by atoms with van der Waals surface area (Å²) in [6, 6.07) is 8.43. The highest BCUT2D eigenvalue weighted by Crippen LogP contribution is 2.31. The van der Waals surface area contributed by atoms with E-state index < -0.39 is 6.04 Å². The summed E-state index contributed by atoms with van der Waals surface area (Å²) in [5, 5.41) is 5.84. The van der Waals surface area contributed by atoms with E-state index in [1.54, 1.807) is 6.92 Å². The molecule has 1 aliphatic heterocycles. The SMILES string of the molecule is CC(NC(=O)CC1CCCCC1)C(=O)NCCN1c2ccccc2CC1C. The molecule has 1 fully saturated rings. The molecule has 2 unspecified atom stereocenters. The molecule has 0 bridgehead atoms. The number of carbonyl (C=O) groups is 2. The molecule has 1 aromatic carbocycles. The van der Waals surface area contributed by atoms with E-state index >= 15 is 0 Å². The lowest BCUT2D eigenvalue weighted by Crippen LogP contribution is -2.47.